The number of hydrogen-bond acceptors (Lipinski definition) is 6. The van der Waals surface area contributed by atoms with Gasteiger partial charge in [-0.25, -0.2) is 4.79 Å². The minimum Gasteiger partial charge on any atom is -0.493 e. The number of nitriles is 1. The average Bonchev–Trinajstić information content (AvgIpc) is 2.83. The number of rotatable bonds is 6. The summed E-state index contributed by atoms with van der Waals surface area (Å²) in [5.41, 5.74) is 2.17. The number of methoxy groups -OCH3 is 1. The highest BCUT2D eigenvalue weighted by Gasteiger charge is 2.21. The molecule has 0 aromatic heterocycles. The molecule has 7 nitrogen and oxygen atoms in total. The van der Waals surface area contributed by atoms with E-state index in [-0.39, 0.29) is 17.2 Å². The summed E-state index contributed by atoms with van der Waals surface area (Å²) in [5, 5.41) is 9.47. The molecule has 0 spiro atoms. The number of hydrogen-bond donors (Lipinski definition) is 0. The van der Waals surface area contributed by atoms with Gasteiger partial charge in [-0.05, 0) is 47.4 Å². The van der Waals surface area contributed by atoms with Crippen molar-refractivity contribution in [1.29, 1.82) is 5.26 Å². The third-order valence-corrected chi connectivity index (χ3v) is 5.16. The normalized spacial score (nSPS) is 14.1. The van der Waals surface area contributed by atoms with E-state index in [9.17, 15) is 14.9 Å². The van der Waals surface area contributed by atoms with Gasteiger partial charge in [-0.1, -0.05) is 32.0 Å². The molecule has 0 N–H and O–H groups in total. The zero-order chi connectivity index (χ0) is 23.1. The maximum atomic E-state index is 12.6. The lowest BCUT2D eigenvalue weighted by molar-refractivity contribution is -0.130. The maximum Gasteiger partial charge on any atom is 0.343 e. The number of ether oxygens (including phenoxy) is 3. The van der Waals surface area contributed by atoms with Gasteiger partial charge in [0.15, 0.2) is 11.5 Å². The molecule has 2 aromatic carbocycles. The van der Waals surface area contributed by atoms with Crippen LogP contribution in [0, 0.1) is 11.3 Å². The van der Waals surface area contributed by atoms with Crippen LogP contribution in [0.5, 0.6) is 11.5 Å². The second-order valence-electron chi connectivity index (χ2n) is 7.65. The van der Waals surface area contributed by atoms with Gasteiger partial charge in [-0.2, -0.15) is 5.26 Å². The van der Waals surface area contributed by atoms with Gasteiger partial charge >= 0.3 is 5.97 Å². The molecule has 0 atom stereocenters. The van der Waals surface area contributed by atoms with Gasteiger partial charge in [-0.3, -0.25) is 4.79 Å². The van der Waals surface area contributed by atoms with E-state index >= 15 is 0 Å². The fraction of sp³-hybridized carbons (Fsp3) is 0.320. The van der Waals surface area contributed by atoms with Crippen LogP contribution in [0.4, 0.5) is 0 Å². The molecule has 0 saturated carbocycles. The molecule has 2 aromatic rings. The Morgan fingerprint density at radius 1 is 1.09 bits per heavy atom. The topological polar surface area (TPSA) is 88.9 Å². The molecule has 1 fully saturated rings. The summed E-state index contributed by atoms with van der Waals surface area (Å²) in [6.45, 7) is 5.99. The van der Waals surface area contributed by atoms with E-state index in [0.29, 0.717) is 49.1 Å². The van der Waals surface area contributed by atoms with E-state index in [1.165, 1.54) is 13.2 Å². The van der Waals surface area contributed by atoms with Gasteiger partial charge in [-0.15, -0.1) is 0 Å². The molecule has 166 valence electrons. The van der Waals surface area contributed by atoms with Crippen molar-refractivity contribution in [3.05, 3.63) is 64.7 Å². The van der Waals surface area contributed by atoms with Crippen molar-refractivity contribution in [3.8, 4) is 17.6 Å². The van der Waals surface area contributed by atoms with Crippen LogP contribution in [0.1, 0.15) is 41.3 Å². The number of nitrogens with zero attached hydrogens (tertiary/aromatic N) is 2. The molecular formula is C25H26N2O5. The average molecular weight is 434 g/mol. The van der Waals surface area contributed by atoms with Crippen molar-refractivity contribution in [1.82, 2.24) is 4.90 Å². The lowest BCUT2D eigenvalue weighted by atomic mass is 10.0. The predicted octanol–water partition coefficient (Wildman–Crippen LogP) is 3.80. The third kappa shape index (κ3) is 5.54. The third-order valence-electron chi connectivity index (χ3n) is 5.16. The minimum absolute atomic E-state index is 0.0175. The standard InChI is InChI=1S/C25H26N2O5/c1-17(2)19-5-7-20(8-6-19)25(29)32-22-9-4-18(15-23(22)30-3)14-21(16-26)24(28)27-10-12-31-13-11-27/h4-9,14-15,17H,10-13H2,1-3H3/b21-14+. The largest absolute Gasteiger partial charge is 0.493 e. The summed E-state index contributed by atoms with van der Waals surface area (Å²) in [6, 6.07) is 14.1. The first kappa shape index (κ1) is 23.0. The van der Waals surface area contributed by atoms with Crippen LogP contribution in [0.3, 0.4) is 0 Å². The summed E-state index contributed by atoms with van der Waals surface area (Å²) in [4.78, 5) is 26.7. The van der Waals surface area contributed by atoms with Crippen LogP contribution < -0.4 is 9.47 Å². The molecule has 1 aliphatic heterocycles. The Labute approximate surface area is 187 Å². The Morgan fingerprint density at radius 3 is 2.38 bits per heavy atom. The van der Waals surface area contributed by atoms with Gasteiger partial charge in [0, 0.05) is 13.1 Å². The molecule has 0 unspecified atom stereocenters. The van der Waals surface area contributed by atoms with E-state index in [1.54, 1.807) is 35.2 Å². The smallest absolute Gasteiger partial charge is 0.343 e. The molecule has 1 aliphatic rings. The zero-order valence-corrected chi connectivity index (χ0v) is 18.5. The maximum absolute atomic E-state index is 12.6. The second kappa shape index (κ2) is 10.6. The highest BCUT2D eigenvalue weighted by atomic mass is 16.6. The van der Waals surface area contributed by atoms with E-state index in [4.69, 9.17) is 14.2 Å². The van der Waals surface area contributed by atoms with Gasteiger partial charge in [0.1, 0.15) is 11.6 Å². The first-order valence-electron chi connectivity index (χ1n) is 10.4. The van der Waals surface area contributed by atoms with Crippen molar-refractivity contribution in [2.24, 2.45) is 0 Å². The quantitative estimate of drug-likeness (QED) is 0.297. The summed E-state index contributed by atoms with van der Waals surface area (Å²) < 4.78 is 16.1. The highest BCUT2D eigenvalue weighted by molar-refractivity contribution is 6.01. The molecule has 1 amide bonds. The first-order chi connectivity index (χ1) is 15.4. The lowest BCUT2D eigenvalue weighted by Gasteiger charge is -2.26. The fourth-order valence-electron chi connectivity index (χ4n) is 3.27. The number of benzene rings is 2. The highest BCUT2D eigenvalue weighted by Crippen LogP contribution is 2.30. The Kier molecular flexibility index (Phi) is 7.63. The zero-order valence-electron chi connectivity index (χ0n) is 18.5. The molecule has 0 bridgehead atoms. The summed E-state index contributed by atoms with van der Waals surface area (Å²) in [7, 11) is 1.46. The molecular weight excluding hydrogens is 408 g/mol. The monoisotopic (exact) mass is 434 g/mol. The summed E-state index contributed by atoms with van der Waals surface area (Å²) in [5.74, 6) is 0.106. The summed E-state index contributed by atoms with van der Waals surface area (Å²) in [6.07, 6.45) is 1.50. The van der Waals surface area contributed by atoms with Crippen LogP contribution in [-0.4, -0.2) is 50.2 Å². The lowest BCUT2D eigenvalue weighted by Crippen LogP contribution is -2.41. The number of morpholine rings is 1. The van der Waals surface area contributed by atoms with Crippen LogP contribution in [0.15, 0.2) is 48.0 Å². The van der Waals surface area contributed by atoms with Gasteiger partial charge in [0.25, 0.3) is 5.91 Å². The Morgan fingerprint density at radius 2 is 1.78 bits per heavy atom. The molecule has 32 heavy (non-hydrogen) atoms. The van der Waals surface area contributed by atoms with Crippen molar-refractivity contribution in [2.45, 2.75) is 19.8 Å². The van der Waals surface area contributed by atoms with Gasteiger partial charge in [0.2, 0.25) is 0 Å². The van der Waals surface area contributed by atoms with Crippen molar-refractivity contribution < 1.29 is 23.8 Å². The van der Waals surface area contributed by atoms with Crippen LogP contribution >= 0.6 is 0 Å². The van der Waals surface area contributed by atoms with Crippen LogP contribution in [-0.2, 0) is 9.53 Å². The van der Waals surface area contributed by atoms with E-state index in [0.717, 1.165) is 5.56 Å². The Bertz CT molecular complexity index is 1040. The Hall–Kier alpha value is -3.63. The van der Waals surface area contributed by atoms with Gasteiger partial charge in [0.05, 0.1) is 25.9 Å². The number of esters is 1. The molecule has 1 saturated heterocycles. The van der Waals surface area contributed by atoms with Crippen LogP contribution in [0.25, 0.3) is 6.08 Å². The Balaban J connectivity index is 1.77. The predicted molar refractivity (Wildman–Crippen MR) is 119 cm³/mol. The SMILES string of the molecule is COc1cc(/C=C(\C#N)C(=O)N2CCOCC2)ccc1OC(=O)c1ccc(C(C)C)cc1. The molecule has 7 heteroatoms. The molecule has 3 rings (SSSR count). The number of amides is 1. The van der Waals surface area contributed by atoms with E-state index in [1.807, 2.05) is 18.2 Å². The minimum atomic E-state index is -0.498. The summed E-state index contributed by atoms with van der Waals surface area (Å²) >= 11 is 0. The van der Waals surface area contributed by atoms with Crippen molar-refractivity contribution in [2.75, 3.05) is 33.4 Å². The van der Waals surface area contributed by atoms with Crippen molar-refractivity contribution >= 4 is 18.0 Å². The number of carbonyl (C=O) groups is 2. The molecule has 1 heterocycles. The molecule has 0 radical (unpaired) electrons. The first-order valence-corrected chi connectivity index (χ1v) is 10.4. The molecule has 0 aliphatic carbocycles. The second-order valence-corrected chi connectivity index (χ2v) is 7.65. The van der Waals surface area contributed by atoms with E-state index in [2.05, 4.69) is 13.8 Å². The van der Waals surface area contributed by atoms with E-state index < -0.39 is 5.97 Å². The van der Waals surface area contributed by atoms with Crippen molar-refractivity contribution in [3.63, 3.8) is 0 Å². The number of carbonyl (C=O) groups excluding carboxylic acids is 2. The fourth-order valence-corrected chi connectivity index (χ4v) is 3.27. The van der Waals surface area contributed by atoms with Gasteiger partial charge < -0.3 is 19.1 Å². The van der Waals surface area contributed by atoms with Crippen LogP contribution in [0.2, 0.25) is 0 Å².